The lowest BCUT2D eigenvalue weighted by Gasteiger charge is -2.29. The largest absolute Gasteiger partial charge is 0.506 e. The number of fused-ring (bicyclic) bond motifs is 1. The van der Waals surface area contributed by atoms with E-state index in [9.17, 15) is 9.90 Å². The van der Waals surface area contributed by atoms with E-state index in [-0.39, 0.29) is 17.1 Å². The molecule has 0 radical (unpaired) electrons. The third-order valence-corrected chi connectivity index (χ3v) is 4.87. The summed E-state index contributed by atoms with van der Waals surface area (Å²) in [5.41, 5.74) is 0.713. The Hall–Kier alpha value is -2.43. The van der Waals surface area contributed by atoms with Crippen LogP contribution in [0.1, 0.15) is 35.3 Å². The van der Waals surface area contributed by atoms with E-state index in [1.165, 1.54) is 13.2 Å². The molecule has 2 aromatic carbocycles. The van der Waals surface area contributed by atoms with Crippen molar-refractivity contribution >= 4 is 41.1 Å². The van der Waals surface area contributed by atoms with Crippen molar-refractivity contribution < 1.29 is 19.4 Å². The van der Waals surface area contributed by atoms with E-state index in [1.807, 2.05) is 19.9 Å². The van der Waals surface area contributed by atoms with Crippen LogP contribution in [0.3, 0.4) is 0 Å². The highest BCUT2D eigenvalue weighted by molar-refractivity contribution is 6.42. The third kappa shape index (κ3) is 3.97. The Balaban J connectivity index is 1.99. The smallest absolute Gasteiger partial charge is 0.193 e. The first-order valence-corrected chi connectivity index (χ1v) is 8.97. The van der Waals surface area contributed by atoms with Crippen LogP contribution in [-0.2, 0) is 0 Å². The monoisotopic (exact) mass is 404 g/mol. The SMILES string of the molecule is COc1cc2c(c(O)c1C(=O)/C=C/c1ccc(Cl)c(Cl)c1)C=CC(C)(C)O2. The third-order valence-electron chi connectivity index (χ3n) is 4.13. The summed E-state index contributed by atoms with van der Waals surface area (Å²) in [5, 5.41) is 11.5. The molecule has 0 saturated carbocycles. The lowest BCUT2D eigenvalue weighted by Crippen LogP contribution is -2.27. The second-order valence-electron chi connectivity index (χ2n) is 6.62. The minimum absolute atomic E-state index is 0.0699. The molecule has 0 atom stereocenters. The Morgan fingerprint density at radius 2 is 1.96 bits per heavy atom. The molecule has 27 heavy (non-hydrogen) atoms. The molecule has 140 valence electrons. The Morgan fingerprint density at radius 3 is 2.63 bits per heavy atom. The first kappa shape index (κ1) is 19.3. The number of carbonyl (C=O) groups excluding carboxylic acids is 1. The van der Waals surface area contributed by atoms with Crippen molar-refractivity contribution in [3.63, 3.8) is 0 Å². The topological polar surface area (TPSA) is 55.8 Å². The van der Waals surface area contributed by atoms with Crippen LogP contribution in [0.25, 0.3) is 12.2 Å². The zero-order valence-electron chi connectivity index (χ0n) is 15.0. The zero-order valence-corrected chi connectivity index (χ0v) is 16.6. The lowest BCUT2D eigenvalue weighted by molar-refractivity contribution is 0.104. The number of hydrogen-bond donors (Lipinski definition) is 1. The zero-order chi connectivity index (χ0) is 19.8. The maximum Gasteiger partial charge on any atom is 0.193 e. The van der Waals surface area contributed by atoms with Gasteiger partial charge in [0.1, 0.15) is 28.4 Å². The van der Waals surface area contributed by atoms with E-state index in [4.69, 9.17) is 32.7 Å². The van der Waals surface area contributed by atoms with Gasteiger partial charge < -0.3 is 14.6 Å². The van der Waals surface area contributed by atoms with Crippen LogP contribution < -0.4 is 9.47 Å². The molecule has 0 bridgehead atoms. The standard InChI is InChI=1S/C21H18Cl2O4/c1-21(2)9-8-13-17(27-21)11-18(26-3)19(20(13)25)16(24)7-5-12-4-6-14(22)15(23)10-12/h4-11,25H,1-3H3/b7-5+. The normalized spacial score (nSPS) is 14.7. The number of benzene rings is 2. The van der Waals surface area contributed by atoms with Crippen molar-refractivity contribution in [3.8, 4) is 17.2 Å². The Bertz CT molecular complexity index is 975. The molecular weight excluding hydrogens is 387 g/mol. The molecular formula is C21H18Cl2O4. The number of allylic oxidation sites excluding steroid dienone is 1. The van der Waals surface area contributed by atoms with Crippen LogP contribution in [0, 0.1) is 0 Å². The molecule has 0 aliphatic carbocycles. The number of methoxy groups -OCH3 is 1. The van der Waals surface area contributed by atoms with Crippen LogP contribution in [0.15, 0.2) is 36.4 Å². The van der Waals surface area contributed by atoms with Gasteiger partial charge in [-0.25, -0.2) is 0 Å². The molecule has 1 heterocycles. The van der Waals surface area contributed by atoms with Gasteiger partial charge in [-0.05, 0) is 49.8 Å². The molecule has 0 fully saturated rings. The quantitative estimate of drug-likeness (QED) is 0.517. The summed E-state index contributed by atoms with van der Waals surface area (Å²) in [5.74, 6) is 0.111. The van der Waals surface area contributed by atoms with Crippen molar-refractivity contribution in [2.75, 3.05) is 7.11 Å². The number of phenolic OH excluding ortho intramolecular Hbond substituents is 1. The van der Waals surface area contributed by atoms with Gasteiger partial charge in [-0.15, -0.1) is 0 Å². The first-order chi connectivity index (χ1) is 12.7. The van der Waals surface area contributed by atoms with E-state index in [0.29, 0.717) is 26.9 Å². The second-order valence-corrected chi connectivity index (χ2v) is 7.44. The Kier molecular flexibility index (Phi) is 5.22. The van der Waals surface area contributed by atoms with Crippen LogP contribution in [0.2, 0.25) is 10.0 Å². The second kappa shape index (κ2) is 7.29. The lowest BCUT2D eigenvalue weighted by atomic mass is 9.97. The van der Waals surface area contributed by atoms with Gasteiger partial charge in [0, 0.05) is 6.07 Å². The first-order valence-electron chi connectivity index (χ1n) is 8.21. The summed E-state index contributed by atoms with van der Waals surface area (Å²) in [7, 11) is 1.43. The highest BCUT2D eigenvalue weighted by atomic mass is 35.5. The predicted molar refractivity (Wildman–Crippen MR) is 108 cm³/mol. The summed E-state index contributed by atoms with van der Waals surface area (Å²) < 4.78 is 11.2. The minimum atomic E-state index is -0.510. The number of aromatic hydroxyl groups is 1. The minimum Gasteiger partial charge on any atom is -0.506 e. The van der Waals surface area contributed by atoms with E-state index in [1.54, 1.807) is 36.4 Å². The van der Waals surface area contributed by atoms with Gasteiger partial charge in [0.15, 0.2) is 5.78 Å². The van der Waals surface area contributed by atoms with Gasteiger partial charge in [0.05, 0.1) is 22.7 Å². The average Bonchev–Trinajstić information content (AvgIpc) is 2.61. The van der Waals surface area contributed by atoms with E-state index >= 15 is 0 Å². The van der Waals surface area contributed by atoms with Crippen LogP contribution in [0.5, 0.6) is 17.2 Å². The van der Waals surface area contributed by atoms with Gasteiger partial charge >= 0.3 is 0 Å². The van der Waals surface area contributed by atoms with E-state index in [2.05, 4.69) is 0 Å². The summed E-state index contributed by atoms with van der Waals surface area (Å²) >= 11 is 11.9. The molecule has 0 unspecified atom stereocenters. The highest BCUT2D eigenvalue weighted by Gasteiger charge is 2.28. The number of phenols is 1. The Labute approximate surface area is 167 Å². The number of halogens is 2. The number of hydrogen-bond acceptors (Lipinski definition) is 4. The van der Waals surface area contributed by atoms with Gasteiger partial charge in [-0.2, -0.15) is 0 Å². The van der Waals surface area contributed by atoms with Crippen LogP contribution >= 0.6 is 23.2 Å². The fraction of sp³-hybridized carbons (Fsp3) is 0.190. The molecule has 0 aromatic heterocycles. The predicted octanol–water partition coefficient (Wildman–Crippen LogP) is 5.79. The van der Waals surface area contributed by atoms with Crippen molar-refractivity contribution in [1.82, 2.24) is 0 Å². The number of rotatable bonds is 4. The molecule has 1 N–H and O–H groups in total. The molecule has 0 amide bonds. The van der Waals surface area contributed by atoms with Crippen LogP contribution in [0.4, 0.5) is 0 Å². The maximum absolute atomic E-state index is 12.7. The van der Waals surface area contributed by atoms with Crippen molar-refractivity contribution in [2.24, 2.45) is 0 Å². The van der Waals surface area contributed by atoms with Gasteiger partial charge in [-0.1, -0.05) is 35.3 Å². The molecule has 0 spiro atoms. The Morgan fingerprint density at radius 1 is 1.22 bits per heavy atom. The molecule has 1 aliphatic rings. The van der Waals surface area contributed by atoms with E-state index < -0.39 is 11.4 Å². The molecule has 3 rings (SSSR count). The molecule has 6 heteroatoms. The molecule has 4 nitrogen and oxygen atoms in total. The highest BCUT2D eigenvalue weighted by Crippen LogP contribution is 2.43. The van der Waals surface area contributed by atoms with Crippen molar-refractivity contribution in [3.05, 3.63) is 63.2 Å². The number of ether oxygens (including phenoxy) is 2. The van der Waals surface area contributed by atoms with Crippen molar-refractivity contribution in [2.45, 2.75) is 19.4 Å². The summed E-state index contributed by atoms with van der Waals surface area (Å²) in [6.07, 6.45) is 6.51. The molecule has 1 aliphatic heterocycles. The number of ketones is 1. The van der Waals surface area contributed by atoms with E-state index in [0.717, 1.165) is 0 Å². The molecule has 0 saturated heterocycles. The van der Waals surface area contributed by atoms with Gasteiger partial charge in [-0.3, -0.25) is 4.79 Å². The fourth-order valence-corrected chi connectivity index (χ4v) is 3.06. The summed E-state index contributed by atoms with van der Waals surface area (Å²) in [4.78, 5) is 12.7. The molecule has 2 aromatic rings. The maximum atomic E-state index is 12.7. The van der Waals surface area contributed by atoms with Crippen molar-refractivity contribution in [1.29, 1.82) is 0 Å². The number of carbonyl (C=O) groups is 1. The fourth-order valence-electron chi connectivity index (χ4n) is 2.75. The average molecular weight is 405 g/mol. The van der Waals surface area contributed by atoms with Gasteiger partial charge in [0.2, 0.25) is 0 Å². The summed E-state index contributed by atoms with van der Waals surface area (Å²) in [6, 6.07) is 6.65. The van der Waals surface area contributed by atoms with Gasteiger partial charge in [0.25, 0.3) is 0 Å². The summed E-state index contributed by atoms with van der Waals surface area (Å²) in [6.45, 7) is 3.80. The van der Waals surface area contributed by atoms with Crippen LogP contribution in [-0.4, -0.2) is 23.6 Å².